The Morgan fingerprint density at radius 3 is 2.48 bits per heavy atom. The van der Waals surface area contributed by atoms with Crippen molar-refractivity contribution in [2.45, 2.75) is 33.4 Å². The number of fused-ring (bicyclic) bond motifs is 1. The second-order valence-corrected chi connectivity index (χ2v) is 7.74. The number of imidazole rings is 1. The van der Waals surface area contributed by atoms with Crippen LogP contribution in [0.4, 0.5) is 5.69 Å². The van der Waals surface area contributed by atoms with Crippen LogP contribution < -0.4 is 10.2 Å². The average molecular weight is 414 g/mol. The fourth-order valence-corrected chi connectivity index (χ4v) is 3.74. The molecule has 0 aliphatic heterocycles. The average Bonchev–Trinajstić information content (AvgIpc) is 3.23. The lowest BCUT2D eigenvalue weighted by atomic mass is 10.1. The van der Waals surface area contributed by atoms with Gasteiger partial charge in [0.25, 0.3) is 5.91 Å². The molecule has 0 bridgehead atoms. The number of nitrogens with one attached hydrogen (secondary N) is 1. The smallest absolute Gasteiger partial charge is 0.251 e. The summed E-state index contributed by atoms with van der Waals surface area (Å²) < 4.78 is 1.95. The summed E-state index contributed by atoms with van der Waals surface area (Å²) in [6, 6.07) is 20.0. The van der Waals surface area contributed by atoms with Gasteiger partial charge in [0.15, 0.2) is 0 Å². The van der Waals surface area contributed by atoms with E-state index in [1.54, 1.807) is 12.5 Å². The van der Waals surface area contributed by atoms with Crippen molar-refractivity contribution in [1.82, 2.24) is 19.9 Å². The van der Waals surface area contributed by atoms with Crippen LogP contribution in [0.3, 0.4) is 0 Å². The molecule has 6 heteroatoms. The molecule has 0 saturated heterocycles. The quantitative estimate of drug-likeness (QED) is 0.482. The van der Waals surface area contributed by atoms with E-state index in [1.165, 1.54) is 0 Å². The molecule has 0 atom stereocenters. The first-order chi connectivity index (χ1) is 15.1. The van der Waals surface area contributed by atoms with Gasteiger partial charge < -0.3 is 10.2 Å². The lowest BCUT2D eigenvalue weighted by Crippen LogP contribution is -2.30. The summed E-state index contributed by atoms with van der Waals surface area (Å²) in [6.07, 6.45) is 3.56. The number of para-hydroxylation sites is 2. The number of carbonyl (C=O) groups is 1. The number of aromatic nitrogens is 3. The first-order valence-electron chi connectivity index (χ1n) is 10.6. The van der Waals surface area contributed by atoms with Gasteiger partial charge in [-0.25, -0.2) is 9.97 Å². The van der Waals surface area contributed by atoms with Gasteiger partial charge in [0.05, 0.1) is 11.0 Å². The topological polar surface area (TPSA) is 63.1 Å². The molecule has 0 aliphatic carbocycles. The van der Waals surface area contributed by atoms with E-state index >= 15 is 0 Å². The number of pyridine rings is 1. The molecule has 4 aromatic rings. The molecule has 1 N–H and O–H groups in total. The van der Waals surface area contributed by atoms with Gasteiger partial charge in [-0.15, -0.1) is 0 Å². The van der Waals surface area contributed by atoms with Crippen LogP contribution in [-0.2, 0) is 6.54 Å². The third-order valence-corrected chi connectivity index (χ3v) is 5.39. The number of amides is 1. The van der Waals surface area contributed by atoms with E-state index < -0.39 is 0 Å². The third kappa shape index (κ3) is 4.43. The fraction of sp³-hybridized carbons (Fsp3) is 0.240. The molecule has 31 heavy (non-hydrogen) atoms. The molecule has 0 radical (unpaired) electrons. The highest BCUT2D eigenvalue weighted by Gasteiger charge is 2.11. The minimum absolute atomic E-state index is 0.0937. The Balaban J connectivity index is 1.39. The molecule has 2 aromatic heterocycles. The van der Waals surface area contributed by atoms with E-state index in [4.69, 9.17) is 0 Å². The Morgan fingerprint density at radius 1 is 1.03 bits per heavy atom. The fourth-order valence-electron chi connectivity index (χ4n) is 3.74. The molecule has 0 spiro atoms. The SMILES string of the molecule is CCN(c1ccc(C(=O)NCc2ccc(-n3cnc4ccccc43)nc2)cc1)C(C)C. The van der Waals surface area contributed by atoms with Crippen molar-refractivity contribution >= 4 is 22.6 Å². The van der Waals surface area contributed by atoms with Crippen LogP contribution in [-0.4, -0.2) is 33.0 Å². The largest absolute Gasteiger partial charge is 0.369 e. The van der Waals surface area contributed by atoms with Crippen molar-refractivity contribution in [2.75, 3.05) is 11.4 Å². The van der Waals surface area contributed by atoms with E-state index in [0.29, 0.717) is 18.2 Å². The number of benzene rings is 2. The minimum Gasteiger partial charge on any atom is -0.369 e. The van der Waals surface area contributed by atoms with Gasteiger partial charge in [-0.3, -0.25) is 9.36 Å². The Morgan fingerprint density at radius 2 is 1.81 bits per heavy atom. The van der Waals surface area contributed by atoms with Crippen LogP contribution in [0, 0.1) is 0 Å². The van der Waals surface area contributed by atoms with E-state index in [0.717, 1.165) is 34.6 Å². The second kappa shape index (κ2) is 9.00. The summed E-state index contributed by atoms with van der Waals surface area (Å²) in [5.41, 5.74) is 4.66. The predicted octanol–water partition coefficient (Wildman–Crippen LogP) is 4.59. The molecule has 158 valence electrons. The number of hydrogen-bond donors (Lipinski definition) is 1. The van der Waals surface area contributed by atoms with Crippen LogP contribution in [0.1, 0.15) is 36.7 Å². The van der Waals surface area contributed by atoms with Crippen LogP contribution in [0.25, 0.3) is 16.9 Å². The molecular formula is C25H27N5O. The number of rotatable bonds is 7. The van der Waals surface area contributed by atoms with Gasteiger partial charge >= 0.3 is 0 Å². The van der Waals surface area contributed by atoms with E-state index in [-0.39, 0.29) is 5.91 Å². The first-order valence-corrected chi connectivity index (χ1v) is 10.6. The van der Waals surface area contributed by atoms with Gasteiger partial charge in [-0.1, -0.05) is 18.2 Å². The highest BCUT2D eigenvalue weighted by atomic mass is 16.1. The molecule has 0 saturated carbocycles. The van der Waals surface area contributed by atoms with Crippen LogP contribution in [0.5, 0.6) is 0 Å². The normalized spacial score (nSPS) is 11.1. The summed E-state index contributed by atoms with van der Waals surface area (Å²) >= 11 is 0. The zero-order valence-corrected chi connectivity index (χ0v) is 18.1. The van der Waals surface area contributed by atoms with E-state index in [1.807, 2.05) is 65.2 Å². The molecule has 0 fully saturated rings. The van der Waals surface area contributed by atoms with E-state index in [2.05, 4.69) is 41.0 Å². The standard InChI is InChI=1S/C25H27N5O/c1-4-29(18(2)3)21-12-10-20(11-13-21)25(31)27-16-19-9-14-24(26-15-19)30-17-28-22-7-5-6-8-23(22)30/h5-15,17-18H,4,16H2,1-3H3,(H,27,31). The highest BCUT2D eigenvalue weighted by molar-refractivity contribution is 5.94. The third-order valence-electron chi connectivity index (χ3n) is 5.39. The van der Waals surface area contributed by atoms with Crippen molar-refractivity contribution in [3.8, 4) is 5.82 Å². The molecule has 2 aromatic carbocycles. The molecule has 4 rings (SSSR count). The summed E-state index contributed by atoms with van der Waals surface area (Å²) in [5, 5.41) is 2.97. The Bertz CT molecular complexity index is 1160. The Labute approximate surface area is 182 Å². The summed E-state index contributed by atoms with van der Waals surface area (Å²) in [7, 11) is 0. The van der Waals surface area contributed by atoms with Gasteiger partial charge in [-0.05, 0) is 68.8 Å². The van der Waals surface area contributed by atoms with Gasteiger partial charge in [0.1, 0.15) is 12.1 Å². The molecule has 1 amide bonds. The molecular weight excluding hydrogens is 386 g/mol. The second-order valence-electron chi connectivity index (χ2n) is 7.74. The van der Waals surface area contributed by atoms with Crippen LogP contribution in [0.15, 0.2) is 73.2 Å². The number of carbonyl (C=O) groups excluding carboxylic acids is 1. The maximum absolute atomic E-state index is 12.5. The zero-order chi connectivity index (χ0) is 21.8. The predicted molar refractivity (Wildman–Crippen MR) is 125 cm³/mol. The first kappa shape index (κ1) is 20.6. The number of nitrogens with zero attached hydrogens (tertiary/aromatic N) is 4. The van der Waals surface area contributed by atoms with Crippen LogP contribution >= 0.6 is 0 Å². The summed E-state index contributed by atoms with van der Waals surface area (Å²) in [6.45, 7) is 7.82. The van der Waals surface area contributed by atoms with Gasteiger partial charge in [0, 0.05) is 36.6 Å². The maximum Gasteiger partial charge on any atom is 0.251 e. The highest BCUT2D eigenvalue weighted by Crippen LogP contribution is 2.18. The number of hydrogen-bond acceptors (Lipinski definition) is 4. The monoisotopic (exact) mass is 413 g/mol. The Kier molecular flexibility index (Phi) is 5.98. The van der Waals surface area contributed by atoms with Crippen LogP contribution in [0.2, 0.25) is 0 Å². The van der Waals surface area contributed by atoms with Crippen molar-refractivity contribution in [3.63, 3.8) is 0 Å². The lowest BCUT2D eigenvalue weighted by molar-refractivity contribution is 0.0951. The molecule has 2 heterocycles. The number of anilines is 1. The Hall–Kier alpha value is -3.67. The summed E-state index contributed by atoms with van der Waals surface area (Å²) in [4.78, 5) is 23.8. The van der Waals surface area contributed by atoms with Gasteiger partial charge in [0.2, 0.25) is 0 Å². The summed E-state index contributed by atoms with van der Waals surface area (Å²) in [5.74, 6) is 0.703. The van der Waals surface area contributed by atoms with Crippen molar-refractivity contribution in [3.05, 3.63) is 84.3 Å². The molecule has 0 unspecified atom stereocenters. The van der Waals surface area contributed by atoms with Crippen molar-refractivity contribution in [2.24, 2.45) is 0 Å². The molecule has 6 nitrogen and oxygen atoms in total. The van der Waals surface area contributed by atoms with E-state index in [9.17, 15) is 4.79 Å². The molecule has 0 aliphatic rings. The zero-order valence-electron chi connectivity index (χ0n) is 18.1. The maximum atomic E-state index is 12.5. The van der Waals surface area contributed by atoms with Gasteiger partial charge in [-0.2, -0.15) is 0 Å². The minimum atomic E-state index is -0.0937. The lowest BCUT2D eigenvalue weighted by Gasteiger charge is -2.27. The van der Waals surface area contributed by atoms with Crippen molar-refractivity contribution < 1.29 is 4.79 Å². The van der Waals surface area contributed by atoms with Crippen molar-refractivity contribution in [1.29, 1.82) is 0 Å².